The average molecular weight is 413 g/mol. The Morgan fingerprint density at radius 2 is 1.45 bits per heavy atom. The Labute approximate surface area is 174 Å². The minimum atomic E-state index is -0.366. The Hall–Kier alpha value is -2.99. The Bertz CT molecular complexity index is 972. The van der Waals surface area contributed by atoms with E-state index in [1.807, 2.05) is 4.90 Å². The quantitative estimate of drug-likeness (QED) is 0.700. The van der Waals surface area contributed by atoms with E-state index in [1.54, 1.807) is 42.5 Å². The minimum Gasteiger partial charge on any atom is -0.497 e. The molecule has 29 heavy (non-hydrogen) atoms. The summed E-state index contributed by atoms with van der Waals surface area (Å²) in [4.78, 5) is 30.1. The average Bonchev–Trinajstić information content (AvgIpc) is 3.34. The second-order valence-electron chi connectivity index (χ2n) is 6.94. The molecule has 0 N–H and O–H groups in total. The number of amides is 2. The molecule has 0 radical (unpaired) electrons. The lowest BCUT2D eigenvalue weighted by Crippen LogP contribution is -2.34. The molecular weight excluding hydrogens is 392 g/mol. The molecule has 4 rings (SSSR count). The van der Waals surface area contributed by atoms with Gasteiger partial charge in [-0.15, -0.1) is 0 Å². The van der Waals surface area contributed by atoms with Crippen LogP contribution >= 0.6 is 11.6 Å². The topological polar surface area (TPSA) is 59.1 Å². The third kappa shape index (κ3) is 3.44. The smallest absolute Gasteiger partial charge is 0.282 e. The van der Waals surface area contributed by atoms with Gasteiger partial charge in [-0.05, 0) is 30.5 Å². The number of carbonyl (C=O) groups is 2. The van der Waals surface area contributed by atoms with E-state index in [-0.39, 0.29) is 11.8 Å². The molecule has 2 aromatic carbocycles. The highest BCUT2D eigenvalue weighted by Crippen LogP contribution is 2.38. The van der Waals surface area contributed by atoms with Gasteiger partial charge in [0.15, 0.2) is 0 Å². The van der Waals surface area contributed by atoms with Crippen LogP contribution in [0.5, 0.6) is 11.5 Å². The van der Waals surface area contributed by atoms with Crippen LogP contribution < -0.4 is 14.4 Å². The summed E-state index contributed by atoms with van der Waals surface area (Å²) in [5.41, 5.74) is 1.93. The normalized spacial score (nSPS) is 16.8. The first kappa shape index (κ1) is 19.3. The second-order valence-corrected chi connectivity index (χ2v) is 7.38. The maximum atomic E-state index is 13.5. The van der Waals surface area contributed by atoms with Crippen LogP contribution in [0.25, 0.3) is 5.57 Å². The Kier molecular flexibility index (Phi) is 5.20. The van der Waals surface area contributed by atoms with Crippen LogP contribution in [0.15, 0.2) is 48.2 Å². The molecule has 6 nitrogen and oxygen atoms in total. The molecule has 0 bridgehead atoms. The van der Waals surface area contributed by atoms with Crippen molar-refractivity contribution in [2.45, 2.75) is 12.8 Å². The first-order chi connectivity index (χ1) is 14.0. The predicted molar refractivity (Wildman–Crippen MR) is 111 cm³/mol. The second kappa shape index (κ2) is 7.79. The highest BCUT2D eigenvalue weighted by atomic mass is 35.5. The van der Waals surface area contributed by atoms with Crippen molar-refractivity contribution >= 4 is 34.7 Å². The van der Waals surface area contributed by atoms with E-state index in [4.69, 9.17) is 21.1 Å². The van der Waals surface area contributed by atoms with Crippen LogP contribution in [-0.2, 0) is 9.59 Å². The van der Waals surface area contributed by atoms with Gasteiger partial charge in [0.1, 0.15) is 17.2 Å². The Morgan fingerprint density at radius 3 is 2.00 bits per heavy atom. The number of rotatable bonds is 5. The number of halogens is 1. The van der Waals surface area contributed by atoms with Gasteiger partial charge in [0.05, 0.1) is 25.5 Å². The van der Waals surface area contributed by atoms with Crippen molar-refractivity contribution in [1.29, 1.82) is 0 Å². The fraction of sp³-hybridized carbons (Fsp3) is 0.273. The number of anilines is 1. The summed E-state index contributed by atoms with van der Waals surface area (Å²) in [6, 6.07) is 12.0. The third-order valence-corrected chi connectivity index (χ3v) is 5.46. The first-order valence-electron chi connectivity index (χ1n) is 9.40. The zero-order valence-corrected chi connectivity index (χ0v) is 17.0. The lowest BCUT2D eigenvalue weighted by atomic mass is 10.0. The largest absolute Gasteiger partial charge is 0.497 e. The van der Waals surface area contributed by atoms with E-state index < -0.39 is 0 Å². The maximum Gasteiger partial charge on any atom is 0.282 e. The zero-order valence-electron chi connectivity index (χ0n) is 16.3. The molecule has 7 heteroatoms. The van der Waals surface area contributed by atoms with Gasteiger partial charge >= 0.3 is 0 Å². The minimum absolute atomic E-state index is 0.336. The summed E-state index contributed by atoms with van der Waals surface area (Å²) >= 11 is 6.02. The van der Waals surface area contributed by atoms with E-state index in [0.29, 0.717) is 39.0 Å². The lowest BCUT2D eigenvalue weighted by Gasteiger charge is -2.21. The summed E-state index contributed by atoms with van der Waals surface area (Å²) in [7, 11) is 3.05. The van der Waals surface area contributed by atoms with E-state index in [9.17, 15) is 9.59 Å². The number of likely N-dealkylation sites (tertiary alicyclic amines) is 1. The van der Waals surface area contributed by atoms with Crippen LogP contribution in [0.4, 0.5) is 5.69 Å². The van der Waals surface area contributed by atoms with E-state index in [1.165, 1.54) is 19.1 Å². The molecule has 0 atom stereocenters. The molecule has 2 heterocycles. The van der Waals surface area contributed by atoms with Gasteiger partial charge in [-0.2, -0.15) is 0 Å². The van der Waals surface area contributed by atoms with Gasteiger partial charge in [0, 0.05) is 36.3 Å². The first-order valence-corrected chi connectivity index (χ1v) is 9.78. The monoisotopic (exact) mass is 412 g/mol. The Morgan fingerprint density at radius 1 is 0.862 bits per heavy atom. The summed E-state index contributed by atoms with van der Waals surface area (Å²) in [6.45, 7) is 1.50. The fourth-order valence-corrected chi connectivity index (χ4v) is 3.91. The van der Waals surface area contributed by atoms with Crippen molar-refractivity contribution in [3.05, 3.63) is 58.7 Å². The number of methoxy groups -OCH3 is 2. The van der Waals surface area contributed by atoms with E-state index >= 15 is 0 Å². The molecular formula is C22H21ClN2O4. The molecule has 1 fully saturated rings. The molecule has 2 aromatic rings. The standard InChI is InChI=1S/C22H21ClN2O4/c1-28-17-11-16(12-18(13-17)29-2)25-21(26)19(14-5-7-15(23)8-6-14)20(22(25)27)24-9-3-4-10-24/h5-8,11-13H,3-4,9-10H2,1-2H3. The van der Waals surface area contributed by atoms with Crippen molar-refractivity contribution < 1.29 is 19.1 Å². The number of nitrogens with zero attached hydrogens (tertiary/aromatic N) is 2. The maximum absolute atomic E-state index is 13.5. The summed E-state index contributed by atoms with van der Waals surface area (Å²) in [5, 5.41) is 0.572. The molecule has 0 saturated carbocycles. The highest BCUT2D eigenvalue weighted by Gasteiger charge is 2.43. The molecule has 0 unspecified atom stereocenters. The SMILES string of the molecule is COc1cc(OC)cc(N2C(=O)C(c3ccc(Cl)cc3)=C(N3CCCC3)C2=O)c1. The number of ether oxygens (including phenoxy) is 2. The summed E-state index contributed by atoms with van der Waals surface area (Å²) in [5.74, 6) is 0.303. The number of hydrogen-bond donors (Lipinski definition) is 0. The van der Waals surface area contributed by atoms with E-state index in [2.05, 4.69) is 0 Å². The highest BCUT2D eigenvalue weighted by molar-refractivity contribution is 6.45. The number of hydrogen-bond acceptors (Lipinski definition) is 5. The van der Waals surface area contributed by atoms with Crippen LogP contribution in [0, 0.1) is 0 Å². The van der Waals surface area contributed by atoms with Crippen molar-refractivity contribution in [3.8, 4) is 11.5 Å². The van der Waals surface area contributed by atoms with Crippen molar-refractivity contribution in [1.82, 2.24) is 4.90 Å². The van der Waals surface area contributed by atoms with Crippen LogP contribution in [0.3, 0.4) is 0 Å². The molecule has 1 saturated heterocycles. The lowest BCUT2D eigenvalue weighted by molar-refractivity contribution is -0.120. The molecule has 0 aromatic heterocycles. The fourth-order valence-electron chi connectivity index (χ4n) is 3.79. The van der Waals surface area contributed by atoms with Gasteiger partial charge in [-0.3, -0.25) is 9.59 Å². The van der Waals surface area contributed by atoms with E-state index in [0.717, 1.165) is 25.9 Å². The number of benzene rings is 2. The summed E-state index contributed by atoms with van der Waals surface area (Å²) < 4.78 is 10.6. The van der Waals surface area contributed by atoms with Gasteiger partial charge in [0.25, 0.3) is 11.8 Å². The molecule has 2 aliphatic rings. The van der Waals surface area contributed by atoms with Crippen LogP contribution in [0.2, 0.25) is 5.02 Å². The molecule has 2 aliphatic heterocycles. The predicted octanol–water partition coefficient (Wildman–Crippen LogP) is 3.74. The summed E-state index contributed by atoms with van der Waals surface area (Å²) in [6.07, 6.45) is 1.98. The van der Waals surface area contributed by atoms with Gasteiger partial charge in [0.2, 0.25) is 0 Å². The van der Waals surface area contributed by atoms with Gasteiger partial charge in [-0.25, -0.2) is 4.90 Å². The molecule has 0 aliphatic carbocycles. The van der Waals surface area contributed by atoms with Crippen molar-refractivity contribution in [2.24, 2.45) is 0 Å². The van der Waals surface area contributed by atoms with Crippen LogP contribution in [0.1, 0.15) is 18.4 Å². The number of carbonyl (C=O) groups excluding carboxylic acids is 2. The zero-order chi connectivity index (χ0) is 20.5. The van der Waals surface area contributed by atoms with Crippen molar-refractivity contribution in [3.63, 3.8) is 0 Å². The molecule has 150 valence electrons. The molecule has 0 spiro atoms. The van der Waals surface area contributed by atoms with Gasteiger partial charge < -0.3 is 14.4 Å². The third-order valence-electron chi connectivity index (χ3n) is 5.21. The molecule has 2 amide bonds. The number of imide groups is 1. The Balaban J connectivity index is 1.83. The van der Waals surface area contributed by atoms with Crippen LogP contribution in [-0.4, -0.2) is 44.0 Å². The van der Waals surface area contributed by atoms with Crippen molar-refractivity contribution in [2.75, 3.05) is 32.2 Å². The van der Waals surface area contributed by atoms with Gasteiger partial charge in [-0.1, -0.05) is 23.7 Å².